The van der Waals surface area contributed by atoms with Crippen LogP contribution in [0.3, 0.4) is 0 Å². The van der Waals surface area contributed by atoms with Crippen LogP contribution in [0.2, 0.25) is 5.02 Å². The number of thiocarbonyl (C=S) groups is 1. The number of imide groups is 1. The monoisotopic (exact) mass is 866 g/mol. The van der Waals surface area contributed by atoms with E-state index in [0.717, 1.165) is 22.6 Å². The van der Waals surface area contributed by atoms with E-state index in [-0.39, 0.29) is 47.7 Å². The number of nitriles is 1. The van der Waals surface area contributed by atoms with E-state index in [1.54, 1.807) is 55.1 Å². The van der Waals surface area contributed by atoms with Crippen LogP contribution in [0.1, 0.15) is 64.2 Å². The fourth-order valence-electron chi connectivity index (χ4n) is 7.82. The highest BCUT2D eigenvalue weighted by Gasteiger charge is 2.51. The number of ether oxygens (including phenoxy) is 1. The second-order valence-corrected chi connectivity index (χ2v) is 16.5. The molecular weight excluding hydrogens is 821 g/mol. The average Bonchev–Trinajstić information content (AvgIpc) is 3.35. The second-order valence-electron chi connectivity index (χ2n) is 15.7. The summed E-state index contributed by atoms with van der Waals surface area (Å²) < 4.78 is 47.7. The van der Waals surface area contributed by atoms with Crippen molar-refractivity contribution in [2.45, 2.75) is 83.7 Å². The number of carbonyl (C=O) groups is 4. The third-order valence-electron chi connectivity index (χ3n) is 11.0. The molecule has 6 rings (SSSR count). The Hall–Kier alpha value is -5.28. The summed E-state index contributed by atoms with van der Waals surface area (Å²) >= 11 is 12.1. The first-order chi connectivity index (χ1) is 28.3. The molecule has 3 saturated heterocycles. The molecule has 0 aliphatic carbocycles. The molecule has 3 aliphatic rings. The van der Waals surface area contributed by atoms with Gasteiger partial charge in [0.2, 0.25) is 17.7 Å². The summed E-state index contributed by atoms with van der Waals surface area (Å²) in [7, 11) is 0. The number of halogens is 4. The summed E-state index contributed by atoms with van der Waals surface area (Å²) in [5.41, 5.74) is -0.554. The van der Waals surface area contributed by atoms with E-state index < -0.39 is 40.7 Å². The molecule has 318 valence electrons. The summed E-state index contributed by atoms with van der Waals surface area (Å²) in [5.74, 6) is -0.788. The van der Waals surface area contributed by atoms with E-state index in [2.05, 4.69) is 39.6 Å². The maximum absolute atomic E-state index is 13.8. The van der Waals surface area contributed by atoms with Crippen LogP contribution in [-0.2, 0) is 31.8 Å². The zero-order chi connectivity index (χ0) is 43.7. The van der Waals surface area contributed by atoms with Gasteiger partial charge in [0.25, 0.3) is 5.91 Å². The quantitative estimate of drug-likeness (QED) is 0.138. The van der Waals surface area contributed by atoms with E-state index in [1.807, 2.05) is 13.0 Å². The summed E-state index contributed by atoms with van der Waals surface area (Å²) in [4.78, 5) is 57.8. The topological polar surface area (TPSA) is 150 Å². The Bertz CT molecular complexity index is 2250. The van der Waals surface area contributed by atoms with E-state index in [9.17, 15) is 37.6 Å². The van der Waals surface area contributed by atoms with Crippen molar-refractivity contribution in [3.8, 4) is 11.8 Å². The molecule has 0 spiro atoms. The predicted molar refractivity (Wildman–Crippen MR) is 226 cm³/mol. The highest BCUT2D eigenvalue weighted by molar-refractivity contribution is 7.81. The molecule has 3 fully saturated rings. The van der Waals surface area contributed by atoms with Crippen molar-refractivity contribution >= 4 is 75.3 Å². The Morgan fingerprint density at radius 2 is 1.70 bits per heavy atom. The SMILES string of the molecule is CCc1cc(N2C(=S)N(c3ccc(C#N)c(C(F)(F)F)c3)C(=O)C2(C)C)ccc1OCCN1C[C@@H](C)N(CC(=O)Nc2cc(Cl)cc(NC3CCC(=O)NC3=O)c2)C[C@H]1C. The predicted octanol–water partition coefficient (Wildman–Crippen LogP) is 6.34. The van der Waals surface area contributed by atoms with Crippen LogP contribution >= 0.6 is 23.8 Å². The molecule has 18 heteroatoms. The molecular formula is C42H46ClF3N8O5S. The van der Waals surface area contributed by atoms with Crippen molar-refractivity contribution in [2.24, 2.45) is 0 Å². The average molecular weight is 867 g/mol. The first-order valence-electron chi connectivity index (χ1n) is 19.5. The lowest BCUT2D eigenvalue weighted by Crippen LogP contribution is -2.58. The van der Waals surface area contributed by atoms with Gasteiger partial charge in [-0.1, -0.05) is 18.5 Å². The Balaban J connectivity index is 1.04. The van der Waals surface area contributed by atoms with Crippen molar-refractivity contribution in [2.75, 3.05) is 53.2 Å². The van der Waals surface area contributed by atoms with Gasteiger partial charge in [-0.15, -0.1) is 0 Å². The summed E-state index contributed by atoms with van der Waals surface area (Å²) in [5, 5.41) is 18.0. The molecule has 3 aliphatic heterocycles. The molecule has 3 heterocycles. The minimum atomic E-state index is -4.80. The van der Waals surface area contributed by atoms with Crippen molar-refractivity contribution in [3.63, 3.8) is 0 Å². The molecule has 0 aromatic heterocycles. The third-order valence-corrected chi connectivity index (χ3v) is 11.6. The number of hydrogen-bond donors (Lipinski definition) is 3. The number of carbonyl (C=O) groups excluding carboxylic acids is 4. The summed E-state index contributed by atoms with van der Waals surface area (Å²) in [6, 6.07) is 14.7. The molecule has 3 aromatic carbocycles. The van der Waals surface area contributed by atoms with Gasteiger partial charge in [-0.2, -0.15) is 18.4 Å². The molecule has 13 nitrogen and oxygen atoms in total. The van der Waals surface area contributed by atoms with Gasteiger partial charge in [-0.25, -0.2) is 0 Å². The summed E-state index contributed by atoms with van der Waals surface area (Å²) in [6.07, 6.45) is -3.63. The number of piperidine rings is 1. The number of piperazine rings is 1. The van der Waals surface area contributed by atoms with Crippen LogP contribution in [0, 0.1) is 11.3 Å². The molecule has 60 heavy (non-hydrogen) atoms. The maximum atomic E-state index is 13.8. The number of aryl methyl sites for hydroxylation is 1. The number of nitrogens with one attached hydrogen (secondary N) is 3. The Kier molecular flexibility index (Phi) is 13.1. The van der Waals surface area contributed by atoms with Gasteiger partial charge in [-0.05, 0) is 113 Å². The Morgan fingerprint density at radius 3 is 2.38 bits per heavy atom. The number of benzene rings is 3. The standard InChI is InChI=1S/C42H46ClF3N8O5S/c1-6-26-15-32(54-40(60)53(39(58)41(54,4)5)31-8-7-27(20-47)33(19-31)42(44,45)46)9-11-35(26)59-14-13-51-21-25(3)52(22-24(51)2)23-37(56)49-30-17-28(43)16-29(18-30)48-34-10-12-36(55)50-38(34)57/h7-9,11,15-19,24-25,34,48H,6,10,12-14,21-23H2,1-5H3,(H,49,56)(H,50,55,57)/t24-,25-,34?/m1/s1. The van der Waals surface area contributed by atoms with Gasteiger partial charge < -0.3 is 20.3 Å². The fourth-order valence-corrected chi connectivity index (χ4v) is 8.58. The number of hydrogen-bond acceptors (Lipinski definition) is 10. The van der Waals surface area contributed by atoms with Gasteiger partial charge in [0.1, 0.15) is 23.9 Å². The first kappa shape index (κ1) is 44.3. The van der Waals surface area contributed by atoms with Gasteiger partial charge in [0, 0.05) is 60.2 Å². The van der Waals surface area contributed by atoms with Crippen molar-refractivity contribution in [3.05, 3.63) is 76.3 Å². The lowest BCUT2D eigenvalue weighted by atomic mass is 10.0. The molecule has 4 amide bonds. The Morgan fingerprint density at radius 1 is 1.02 bits per heavy atom. The van der Waals surface area contributed by atoms with Crippen LogP contribution in [-0.4, -0.2) is 95.0 Å². The number of rotatable bonds is 12. The normalized spacial score (nSPS) is 21.2. The largest absolute Gasteiger partial charge is 0.492 e. The number of amides is 4. The molecule has 0 saturated carbocycles. The number of nitrogens with zero attached hydrogens (tertiary/aromatic N) is 5. The smallest absolute Gasteiger partial charge is 0.417 e. The second kappa shape index (κ2) is 17.7. The molecule has 0 bridgehead atoms. The van der Waals surface area contributed by atoms with Crippen LogP contribution in [0.25, 0.3) is 0 Å². The van der Waals surface area contributed by atoms with Crippen LogP contribution in [0.4, 0.5) is 35.9 Å². The lowest BCUT2D eigenvalue weighted by molar-refractivity contribution is -0.138. The molecule has 3 atom stereocenters. The van der Waals surface area contributed by atoms with Crippen LogP contribution < -0.4 is 30.5 Å². The Labute approximate surface area is 356 Å². The third kappa shape index (κ3) is 9.52. The molecule has 3 aromatic rings. The van der Waals surface area contributed by atoms with Crippen LogP contribution in [0.15, 0.2) is 54.6 Å². The van der Waals surface area contributed by atoms with E-state index in [1.165, 1.54) is 6.07 Å². The highest BCUT2D eigenvalue weighted by Crippen LogP contribution is 2.40. The van der Waals surface area contributed by atoms with Gasteiger partial charge in [0.15, 0.2) is 5.11 Å². The zero-order valence-corrected chi connectivity index (χ0v) is 35.4. The van der Waals surface area contributed by atoms with Gasteiger partial charge >= 0.3 is 6.18 Å². The van der Waals surface area contributed by atoms with Crippen LogP contribution in [0.5, 0.6) is 5.75 Å². The zero-order valence-electron chi connectivity index (χ0n) is 33.8. The lowest BCUT2D eigenvalue weighted by Gasteiger charge is -2.43. The fraction of sp³-hybridized carbons (Fsp3) is 0.429. The summed E-state index contributed by atoms with van der Waals surface area (Å²) in [6.45, 7) is 11.9. The van der Waals surface area contributed by atoms with E-state index >= 15 is 0 Å². The van der Waals surface area contributed by atoms with Crippen molar-refractivity contribution < 1.29 is 37.1 Å². The van der Waals surface area contributed by atoms with E-state index in [0.29, 0.717) is 66.9 Å². The first-order valence-corrected chi connectivity index (χ1v) is 20.3. The minimum absolute atomic E-state index is 0.0104. The molecule has 0 radical (unpaired) electrons. The molecule has 3 N–H and O–H groups in total. The maximum Gasteiger partial charge on any atom is 0.417 e. The van der Waals surface area contributed by atoms with Gasteiger partial charge in [-0.3, -0.25) is 39.2 Å². The molecule has 1 unspecified atom stereocenters. The van der Waals surface area contributed by atoms with Crippen molar-refractivity contribution in [1.29, 1.82) is 5.26 Å². The minimum Gasteiger partial charge on any atom is -0.492 e. The van der Waals surface area contributed by atoms with Crippen molar-refractivity contribution in [1.82, 2.24) is 15.1 Å². The van der Waals surface area contributed by atoms with E-state index in [4.69, 9.17) is 28.6 Å². The number of alkyl halides is 3. The number of anilines is 4. The van der Waals surface area contributed by atoms with Gasteiger partial charge in [0.05, 0.1) is 29.4 Å². The highest BCUT2D eigenvalue weighted by atomic mass is 35.5.